The Kier molecular flexibility index (Phi) is 6.64. The van der Waals surface area contributed by atoms with E-state index < -0.39 is 17.6 Å². The molecule has 0 spiro atoms. The second-order valence-electron chi connectivity index (χ2n) is 7.87. The summed E-state index contributed by atoms with van der Waals surface area (Å²) in [4.78, 5) is 30.0. The minimum Gasteiger partial charge on any atom is -0.481 e. The molecular formula is C22H25F2N3O3. The van der Waals surface area contributed by atoms with Crippen LogP contribution in [0.2, 0.25) is 0 Å². The van der Waals surface area contributed by atoms with Gasteiger partial charge in [0.05, 0.1) is 11.4 Å². The molecule has 0 saturated carbocycles. The minimum absolute atomic E-state index is 0.00755. The van der Waals surface area contributed by atoms with Crippen LogP contribution in [0.4, 0.5) is 20.2 Å². The number of carbonyl (C=O) groups is 2. The van der Waals surface area contributed by atoms with Crippen molar-refractivity contribution in [2.45, 2.75) is 39.0 Å². The standard InChI is InChI=1S/C22H25F2N3O3/c1-13(2)21-18(25-15-3-4-16(23)17(24)12-15)5-6-19(26-21)22(30)27-9-7-14(8-10-27)11-20(28)29/h3-6,12-14,25H,7-11H2,1-2H3,(H,28,29). The summed E-state index contributed by atoms with van der Waals surface area (Å²) in [5, 5.41) is 12.0. The van der Waals surface area contributed by atoms with Crippen molar-refractivity contribution in [3.05, 3.63) is 53.4 Å². The van der Waals surface area contributed by atoms with Gasteiger partial charge in [-0.05, 0) is 48.9 Å². The third-order valence-corrected chi connectivity index (χ3v) is 5.25. The van der Waals surface area contributed by atoms with Gasteiger partial charge in [0, 0.05) is 31.3 Å². The summed E-state index contributed by atoms with van der Waals surface area (Å²) in [6.45, 7) is 4.88. The maximum Gasteiger partial charge on any atom is 0.303 e. The van der Waals surface area contributed by atoms with Crippen LogP contribution in [-0.2, 0) is 4.79 Å². The number of hydrogen-bond acceptors (Lipinski definition) is 4. The van der Waals surface area contributed by atoms with E-state index in [4.69, 9.17) is 5.11 Å². The molecule has 160 valence electrons. The smallest absolute Gasteiger partial charge is 0.303 e. The van der Waals surface area contributed by atoms with Gasteiger partial charge in [-0.3, -0.25) is 9.59 Å². The van der Waals surface area contributed by atoms with E-state index >= 15 is 0 Å². The van der Waals surface area contributed by atoms with Crippen LogP contribution >= 0.6 is 0 Å². The van der Waals surface area contributed by atoms with Crippen molar-refractivity contribution in [3.8, 4) is 0 Å². The number of piperidine rings is 1. The van der Waals surface area contributed by atoms with Crippen LogP contribution in [0.1, 0.15) is 55.2 Å². The highest BCUT2D eigenvalue weighted by Gasteiger charge is 2.26. The molecule has 1 fully saturated rings. The Morgan fingerprint density at radius 3 is 2.47 bits per heavy atom. The van der Waals surface area contributed by atoms with Crippen LogP contribution in [0.3, 0.4) is 0 Å². The zero-order valence-electron chi connectivity index (χ0n) is 17.0. The van der Waals surface area contributed by atoms with Crippen molar-refractivity contribution < 1.29 is 23.5 Å². The zero-order valence-corrected chi connectivity index (χ0v) is 17.0. The fourth-order valence-corrected chi connectivity index (χ4v) is 3.62. The van der Waals surface area contributed by atoms with Crippen LogP contribution in [0.5, 0.6) is 0 Å². The predicted octanol–water partition coefficient (Wildman–Crippen LogP) is 4.55. The van der Waals surface area contributed by atoms with Gasteiger partial charge in [-0.1, -0.05) is 13.8 Å². The molecular weight excluding hydrogens is 392 g/mol. The molecule has 0 bridgehead atoms. The van der Waals surface area contributed by atoms with Gasteiger partial charge in [0.25, 0.3) is 5.91 Å². The van der Waals surface area contributed by atoms with E-state index in [1.165, 1.54) is 6.07 Å². The number of aliphatic carboxylic acids is 1. The highest BCUT2D eigenvalue weighted by atomic mass is 19.2. The van der Waals surface area contributed by atoms with E-state index in [1.807, 2.05) is 13.8 Å². The average Bonchev–Trinajstić information content (AvgIpc) is 2.70. The second-order valence-corrected chi connectivity index (χ2v) is 7.87. The first-order valence-corrected chi connectivity index (χ1v) is 9.98. The number of likely N-dealkylation sites (tertiary alicyclic amines) is 1. The molecule has 1 aromatic heterocycles. The number of nitrogens with zero attached hydrogens (tertiary/aromatic N) is 2. The number of aromatic nitrogens is 1. The van der Waals surface area contributed by atoms with Crippen molar-refractivity contribution in [2.75, 3.05) is 18.4 Å². The molecule has 2 aromatic rings. The maximum absolute atomic E-state index is 13.5. The van der Waals surface area contributed by atoms with E-state index in [1.54, 1.807) is 17.0 Å². The van der Waals surface area contributed by atoms with Crippen molar-refractivity contribution >= 4 is 23.3 Å². The highest BCUT2D eigenvalue weighted by molar-refractivity contribution is 5.93. The lowest BCUT2D eigenvalue weighted by Gasteiger charge is -2.31. The number of hydrogen-bond donors (Lipinski definition) is 2. The van der Waals surface area contributed by atoms with Crippen LogP contribution < -0.4 is 5.32 Å². The van der Waals surface area contributed by atoms with E-state index in [-0.39, 0.29) is 24.2 Å². The Morgan fingerprint density at radius 1 is 1.17 bits per heavy atom. The fourth-order valence-electron chi connectivity index (χ4n) is 3.62. The second kappa shape index (κ2) is 9.19. The SMILES string of the molecule is CC(C)c1nc(C(=O)N2CCC(CC(=O)O)CC2)ccc1Nc1ccc(F)c(F)c1. The molecule has 1 amide bonds. The number of rotatable bonds is 6. The number of carbonyl (C=O) groups excluding carboxylic acids is 1. The van der Waals surface area contributed by atoms with Crippen LogP contribution in [0, 0.1) is 17.6 Å². The van der Waals surface area contributed by atoms with Crippen molar-refractivity contribution in [1.29, 1.82) is 0 Å². The topological polar surface area (TPSA) is 82.5 Å². The van der Waals surface area contributed by atoms with E-state index in [9.17, 15) is 18.4 Å². The summed E-state index contributed by atoms with van der Waals surface area (Å²) in [6, 6.07) is 6.88. The number of carboxylic acid groups (broad SMARTS) is 1. The van der Waals surface area contributed by atoms with Crippen molar-refractivity contribution in [2.24, 2.45) is 5.92 Å². The van der Waals surface area contributed by atoms with Gasteiger partial charge in [-0.15, -0.1) is 0 Å². The lowest BCUT2D eigenvalue weighted by Crippen LogP contribution is -2.39. The highest BCUT2D eigenvalue weighted by Crippen LogP contribution is 2.28. The Bertz CT molecular complexity index is 941. The molecule has 1 aromatic carbocycles. The predicted molar refractivity (Wildman–Crippen MR) is 109 cm³/mol. The summed E-state index contributed by atoms with van der Waals surface area (Å²) in [6.07, 6.45) is 1.44. The Hall–Kier alpha value is -3.03. The summed E-state index contributed by atoms with van der Waals surface area (Å²) in [7, 11) is 0. The Morgan fingerprint density at radius 2 is 1.87 bits per heavy atom. The number of halogens is 2. The third-order valence-electron chi connectivity index (χ3n) is 5.25. The molecule has 0 unspecified atom stereocenters. The normalized spacial score (nSPS) is 14.8. The van der Waals surface area contributed by atoms with Gasteiger partial charge in [-0.2, -0.15) is 0 Å². The molecule has 2 heterocycles. The lowest BCUT2D eigenvalue weighted by atomic mass is 9.93. The molecule has 6 nitrogen and oxygen atoms in total. The molecule has 30 heavy (non-hydrogen) atoms. The maximum atomic E-state index is 13.5. The first-order valence-electron chi connectivity index (χ1n) is 9.98. The summed E-state index contributed by atoms with van der Waals surface area (Å²) in [5.41, 5.74) is 1.96. The molecule has 0 atom stereocenters. The number of anilines is 2. The molecule has 8 heteroatoms. The summed E-state index contributed by atoms with van der Waals surface area (Å²) >= 11 is 0. The number of carboxylic acids is 1. The lowest BCUT2D eigenvalue weighted by molar-refractivity contribution is -0.138. The minimum atomic E-state index is -0.947. The van der Waals surface area contributed by atoms with E-state index in [0.717, 1.165) is 12.1 Å². The number of benzene rings is 1. The van der Waals surface area contributed by atoms with Crippen LogP contribution in [0.15, 0.2) is 30.3 Å². The van der Waals surface area contributed by atoms with Crippen LogP contribution in [-0.4, -0.2) is 40.0 Å². The summed E-state index contributed by atoms with van der Waals surface area (Å²) < 4.78 is 26.7. The number of nitrogens with one attached hydrogen (secondary N) is 1. The largest absolute Gasteiger partial charge is 0.481 e. The fraction of sp³-hybridized carbons (Fsp3) is 0.409. The number of amides is 1. The van der Waals surface area contributed by atoms with Crippen molar-refractivity contribution in [1.82, 2.24) is 9.88 Å². The first kappa shape index (κ1) is 21.7. The first-order chi connectivity index (χ1) is 14.2. The Balaban J connectivity index is 1.75. The third kappa shape index (κ3) is 5.11. The molecule has 0 aliphatic carbocycles. The van der Waals surface area contributed by atoms with Gasteiger partial charge < -0.3 is 15.3 Å². The van der Waals surface area contributed by atoms with Gasteiger partial charge in [0.2, 0.25) is 0 Å². The molecule has 0 radical (unpaired) electrons. The van der Waals surface area contributed by atoms with Crippen LogP contribution in [0.25, 0.3) is 0 Å². The average molecular weight is 417 g/mol. The monoisotopic (exact) mass is 417 g/mol. The molecule has 2 N–H and O–H groups in total. The molecule has 1 aliphatic rings. The van der Waals surface area contributed by atoms with Gasteiger partial charge in [0.1, 0.15) is 5.69 Å². The molecule has 3 rings (SSSR count). The molecule has 1 aliphatic heterocycles. The molecule has 1 saturated heterocycles. The van der Waals surface area contributed by atoms with Crippen molar-refractivity contribution in [3.63, 3.8) is 0 Å². The Labute approximate surface area is 173 Å². The van der Waals surface area contributed by atoms with Gasteiger partial charge >= 0.3 is 5.97 Å². The van der Waals surface area contributed by atoms with Gasteiger partial charge in [0.15, 0.2) is 11.6 Å². The zero-order chi connectivity index (χ0) is 21.8. The number of pyridine rings is 1. The summed E-state index contributed by atoms with van der Waals surface area (Å²) in [5.74, 6) is -2.79. The van der Waals surface area contributed by atoms with E-state index in [0.29, 0.717) is 48.7 Å². The quantitative estimate of drug-likeness (QED) is 0.720. The van der Waals surface area contributed by atoms with Gasteiger partial charge in [-0.25, -0.2) is 13.8 Å². The van der Waals surface area contributed by atoms with E-state index in [2.05, 4.69) is 10.3 Å².